The smallest absolute Gasteiger partial charge is 0.136 e. The Bertz CT molecular complexity index is 372. The van der Waals surface area contributed by atoms with Gasteiger partial charge >= 0.3 is 0 Å². The van der Waals surface area contributed by atoms with Crippen molar-refractivity contribution in [2.75, 3.05) is 7.11 Å². The SMILES string of the molecule is COc1c(Br)c(C)cc(C)c1CCC=O. The molecular weight excluding hydrogens is 256 g/mol. The number of benzene rings is 1. The van der Waals surface area contributed by atoms with Crippen molar-refractivity contribution in [2.45, 2.75) is 26.7 Å². The topological polar surface area (TPSA) is 26.3 Å². The van der Waals surface area contributed by atoms with Gasteiger partial charge in [0.25, 0.3) is 0 Å². The van der Waals surface area contributed by atoms with Gasteiger partial charge in [-0.15, -0.1) is 0 Å². The van der Waals surface area contributed by atoms with Crippen LogP contribution in [0.5, 0.6) is 5.75 Å². The van der Waals surface area contributed by atoms with E-state index in [9.17, 15) is 4.79 Å². The van der Waals surface area contributed by atoms with Gasteiger partial charge in [0.05, 0.1) is 11.6 Å². The summed E-state index contributed by atoms with van der Waals surface area (Å²) >= 11 is 3.50. The van der Waals surface area contributed by atoms with Gasteiger partial charge in [0.2, 0.25) is 0 Å². The molecule has 0 saturated heterocycles. The normalized spacial score (nSPS) is 10.1. The number of methoxy groups -OCH3 is 1. The second kappa shape index (κ2) is 5.31. The van der Waals surface area contributed by atoms with E-state index in [-0.39, 0.29) is 0 Å². The van der Waals surface area contributed by atoms with Crippen LogP contribution in [-0.2, 0) is 11.2 Å². The summed E-state index contributed by atoms with van der Waals surface area (Å²) in [7, 11) is 1.66. The number of halogens is 1. The molecule has 0 aliphatic carbocycles. The summed E-state index contributed by atoms with van der Waals surface area (Å²) in [6.45, 7) is 4.07. The van der Waals surface area contributed by atoms with E-state index in [1.807, 2.05) is 13.8 Å². The van der Waals surface area contributed by atoms with E-state index >= 15 is 0 Å². The Kier molecular flexibility index (Phi) is 4.33. The van der Waals surface area contributed by atoms with Crippen LogP contribution in [0.15, 0.2) is 10.5 Å². The maximum atomic E-state index is 10.4. The molecule has 0 N–H and O–H groups in total. The number of aryl methyl sites for hydroxylation is 2. The van der Waals surface area contributed by atoms with E-state index in [4.69, 9.17) is 4.74 Å². The first-order chi connectivity index (χ1) is 7.11. The number of hydrogen-bond acceptors (Lipinski definition) is 2. The molecule has 0 fully saturated rings. The summed E-state index contributed by atoms with van der Waals surface area (Å²) in [6, 6.07) is 2.10. The fraction of sp³-hybridized carbons (Fsp3) is 0.417. The van der Waals surface area contributed by atoms with Crippen LogP contribution in [0.2, 0.25) is 0 Å². The molecule has 82 valence electrons. The predicted octanol–water partition coefficient (Wildman–Crippen LogP) is 3.21. The highest BCUT2D eigenvalue weighted by Gasteiger charge is 2.12. The van der Waals surface area contributed by atoms with Crippen LogP contribution in [0.25, 0.3) is 0 Å². The first kappa shape index (κ1) is 12.2. The van der Waals surface area contributed by atoms with Crippen molar-refractivity contribution in [2.24, 2.45) is 0 Å². The van der Waals surface area contributed by atoms with Gasteiger partial charge in [-0.05, 0) is 52.9 Å². The van der Waals surface area contributed by atoms with Crippen LogP contribution in [0, 0.1) is 13.8 Å². The molecule has 1 aromatic carbocycles. The third-order valence-corrected chi connectivity index (χ3v) is 3.43. The molecule has 1 rings (SSSR count). The highest BCUT2D eigenvalue weighted by Crippen LogP contribution is 2.35. The molecule has 15 heavy (non-hydrogen) atoms. The summed E-state index contributed by atoms with van der Waals surface area (Å²) in [6.07, 6.45) is 2.21. The zero-order valence-corrected chi connectivity index (χ0v) is 10.8. The molecule has 0 unspecified atom stereocenters. The number of ether oxygens (including phenoxy) is 1. The predicted molar refractivity (Wildman–Crippen MR) is 64.6 cm³/mol. The van der Waals surface area contributed by atoms with Crippen LogP contribution in [0.3, 0.4) is 0 Å². The Labute approximate surface area is 98.8 Å². The van der Waals surface area contributed by atoms with Crippen molar-refractivity contribution in [3.8, 4) is 5.75 Å². The molecule has 0 aliphatic rings. The van der Waals surface area contributed by atoms with Crippen molar-refractivity contribution in [3.05, 3.63) is 27.2 Å². The molecular formula is C12H15BrO2. The summed E-state index contributed by atoms with van der Waals surface area (Å²) in [4.78, 5) is 10.4. The van der Waals surface area contributed by atoms with Crippen LogP contribution in [0.1, 0.15) is 23.1 Å². The van der Waals surface area contributed by atoms with Crippen molar-refractivity contribution in [3.63, 3.8) is 0 Å². The molecule has 2 nitrogen and oxygen atoms in total. The van der Waals surface area contributed by atoms with E-state index in [0.717, 1.165) is 34.1 Å². The van der Waals surface area contributed by atoms with Gasteiger partial charge in [0, 0.05) is 6.42 Å². The lowest BCUT2D eigenvalue weighted by molar-refractivity contribution is -0.107. The average molecular weight is 271 g/mol. The Hall–Kier alpha value is -0.830. The first-order valence-electron chi connectivity index (χ1n) is 4.88. The van der Waals surface area contributed by atoms with Crippen molar-refractivity contribution in [1.82, 2.24) is 0 Å². The Morgan fingerprint density at radius 2 is 2.07 bits per heavy atom. The fourth-order valence-corrected chi connectivity index (χ4v) is 2.21. The van der Waals surface area contributed by atoms with Crippen LogP contribution in [0.4, 0.5) is 0 Å². The van der Waals surface area contributed by atoms with Crippen molar-refractivity contribution < 1.29 is 9.53 Å². The van der Waals surface area contributed by atoms with Crippen molar-refractivity contribution >= 4 is 22.2 Å². The second-order valence-corrected chi connectivity index (χ2v) is 4.33. The highest BCUT2D eigenvalue weighted by atomic mass is 79.9. The number of carbonyl (C=O) groups is 1. The van der Waals surface area contributed by atoms with E-state index in [0.29, 0.717) is 6.42 Å². The minimum atomic E-state index is 0.534. The molecule has 0 atom stereocenters. The zero-order valence-electron chi connectivity index (χ0n) is 9.26. The van der Waals surface area contributed by atoms with E-state index in [2.05, 4.69) is 22.0 Å². The maximum Gasteiger partial charge on any atom is 0.136 e. The van der Waals surface area contributed by atoms with Crippen LogP contribution >= 0.6 is 15.9 Å². The van der Waals surface area contributed by atoms with Gasteiger partial charge in [-0.3, -0.25) is 0 Å². The molecule has 0 spiro atoms. The number of aldehydes is 1. The summed E-state index contributed by atoms with van der Waals surface area (Å²) in [5.74, 6) is 0.856. The molecule has 0 heterocycles. The largest absolute Gasteiger partial charge is 0.495 e. The van der Waals surface area contributed by atoms with Gasteiger partial charge in [-0.25, -0.2) is 0 Å². The molecule has 0 radical (unpaired) electrons. The van der Waals surface area contributed by atoms with Crippen LogP contribution < -0.4 is 4.74 Å². The van der Waals surface area contributed by atoms with E-state index < -0.39 is 0 Å². The highest BCUT2D eigenvalue weighted by molar-refractivity contribution is 9.10. The third kappa shape index (κ3) is 2.59. The maximum absolute atomic E-state index is 10.4. The fourth-order valence-electron chi connectivity index (χ4n) is 1.69. The lowest BCUT2D eigenvalue weighted by Crippen LogP contribution is -1.99. The number of carbonyl (C=O) groups excluding carboxylic acids is 1. The standard InChI is InChI=1S/C12H15BrO2/c1-8-7-9(2)11(13)12(15-3)10(8)5-4-6-14/h6-7H,4-5H2,1-3H3. The van der Waals surface area contributed by atoms with E-state index in [1.165, 1.54) is 5.56 Å². The van der Waals surface area contributed by atoms with Gasteiger partial charge in [0.15, 0.2) is 0 Å². The van der Waals surface area contributed by atoms with Crippen LogP contribution in [-0.4, -0.2) is 13.4 Å². The molecule has 1 aromatic rings. The Balaban J connectivity index is 3.22. The van der Waals surface area contributed by atoms with Gasteiger partial charge in [0.1, 0.15) is 12.0 Å². The molecule has 0 bridgehead atoms. The average Bonchev–Trinajstić information content (AvgIpc) is 2.21. The lowest BCUT2D eigenvalue weighted by atomic mass is 10.0. The Morgan fingerprint density at radius 1 is 1.40 bits per heavy atom. The lowest BCUT2D eigenvalue weighted by Gasteiger charge is -2.14. The van der Waals surface area contributed by atoms with E-state index in [1.54, 1.807) is 7.11 Å². The molecule has 0 saturated carbocycles. The molecule has 0 aliphatic heterocycles. The summed E-state index contributed by atoms with van der Waals surface area (Å²) in [5.41, 5.74) is 3.44. The number of rotatable bonds is 4. The minimum absolute atomic E-state index is 0.534. The quantitative estimate of drug-likeness (QED) is 0.786. The third-order valence-electron chi connectivity index (χ3n) is 2.44. The summed E-state index contributed by atoms with van der Waals surface area (Å²) in [5, 5.41) is 0. The molecule has 0 aromatic heterocycles. The zero-order chi connectivity index (χ0) is 11.4. The Morgan fingerprint density at radius 3 is 2.60 bits per heavy atom. The van der Waals surface area contributed by atoms with Gasteiger partial charge < -0.3 is 9.53 Å². The monoisotopic (exact) mass is 270 g/mol. The molecule has 0 amide bonds. The molecule has 3 heteroatoms. The van der Waals surface area contributed by atoms with Gasteiger partial charge in [-0.1, -0.05) is 6.07 Å². The second-order valence-electron chi connectivity index (χ2n) is 3.54. The minimum Gasteiger partial charge on any atom is -0.495 e. The summed E-state index contributed by atoms with van der Waals surface area (Å²) < 4.78 is 6.35. The van der Waals surface area contributed by atoms with Gasteiger partial charge in [-0.2, -0.15) is 0 Å². The van der Waals surface area contributed by atoms with Crippen molar-refractivity contribution in [1.29, 1.82) is 0 Å². The number of hydrogen-bond donors (Lipinski definition) is 0. The first-order valence-corrected chi connectivity index (χ1v) is 5.67.